The number of hydrogen-bond acceptors (Lipinski definition) is 3. The van der Waals surface area contributed by atoms with E-state index in [-0.39, 0.29) is 18.4 Å². The van der Waals surface area contributed by atoms with Gasteiger partial charge in [0.25, 0.3) is 0 Å². The van der Waals surface area contributed by atoms with Crippen molar-refractivity contribution >= 4 is 12.4 Å². The van der Waals surface area contributed by atoms with Gasteiger partial charge in [-0.2, -0.15) is 0 Å². The summed E-state index contributed by atoms with van der Waals surface area (Å²) < 4.78 is 5.75. The maximum absolute atomic E-state index is 10.2. The van der Waals surface area contributed by atoms with Gasteiger partial charge in [-0.25, -0.2) is 0 Å². The van der Waals surface area contributed by atoms with Crippen LogP contribution in [0.15, 0.2) is 54.6 Å². The van der Waals surface area contributed by atoms with Gasteiger partial charge >= 0.3 is 0 Å². The first kappa shape index (κ1) is 16.8. The largest absolute Gasteiger partial charge is 0.457 e. The number of para-hydroxylation sites is 1. The molecule has 0 aromatic heterocycles. The molecule has 0 heterocycles. The highest BCUT2D eigenvalue weighted by atomic mass is 35.5. The van der Waals surface area contributed by atoms with Gasteiger partial charge in [-0.05, 0) is 48.6 Å². The summed E-state index contributed by atoms with van der Waals surface area (Å²) in [6, 6.07) is 17.0. The van der Waals surface area contributed by atoms with Gasteiger partial charge in [-0.3, -0.25) is 0 Å². The summed E-state index contributed by atoms with van der Waals surface area (Å²) >= 11 is 0. The highest BCUT2D eigenvalue weighted by molar-refractivity contribution is 5.85. The molecule has 3 N–H and O–H groups in total. The predicted molar refractivity (Wildman–Crippen MR) is 90.5 cm³/mol. The van der Waals surface area contributed by atoms with Gasteiger partial charge in [-0.15, -0.1) is 12.4 Å². The van der Waals surface area contributed by atoms with Crippen molar-refractivity contribution in [3.05, 3.63) is 60.2 Å². The molecule has 4 heteroatoms. The smallest absolute Gasteiger partial charge is 0.127 e. The molecule has 0 aliphatic heterocycles. The van der Waals surface area contributed by atoms with E-state index in [1.807, 2.05) is 54.6 Å². The SMILES string of the molecule is Cl.N[C@H](c1ccc(Oc2ccccc2)cc1)[C@@H](O)C1CCC1. The number of rotatable bonds is 5. The minimum absolute atomic E-state index is 0. The van der Waals surface area contributed by atoms with Crippen molar-refractivity contribution in [2.45, 2.75) is 31.4 Å². The van der Waals surface area contributed by atoms with Crippen LogP contribution < -0.4 is 10.5 Å². The molecule has 3 nitrogen and oxygen atoms in total. The number of nitrogens with two attached hydrogens (primary N) is 1. The third-order valence-electron chi connectivity index (χ3n) is 4.24. The van der Waals surface area contributed by atoms with Gasteiger partial charge in [0.2, 0.25) is 0 Å². The molecule has 118 valence electrons. The summed E-state index contributed by atoms with van der Waals surface area (Å²) in [6.45, 7) is 0. The average Bonchev–Trinajstić information content (AvgIpc) is 2.46. The molecule has 0 bridgehead atoms. The minimum atomic E-state index is -0.445. The van der Waals surface area contributed by atoms with Crippen LogP contribution in [0.1, 0.15) is 30.9 Å². The first-order valence-electron chi connectivity index (χ1n) is 7.50. The Labute approximate surface area is 137 Å². The van der Waals surface area contributed by atoms with Crippen LogP contribution in [-0.4, -0.2) is 11.2 Å². The van der Waals surface area contributed by atoms with Crippen molar-refractivity contribution in [3.63, 3.8) is 0 Å². The maximum atomic E-state index is 10.2. The van der Waals surface area contributed by atoms with Crippen LogP contribution in [0.2, 0.25) is 0 Å². The van der Waals surface area contributed by atoms with Crippen LogP contribution >= 0.6 is 12.4 Å². The second-order valence-corrected chi connectivity index (χ2v) is 5.69. The topological polar surface area (TPSA) is 55.5 Å². The molecule has 3 rings (SSSR count). The van der Waals surface area contributed by atoms with E-state index in [0.29, 0.717) is 5.92 Å². The van der Waals surface area contributed by atoms with Crippen molar-refractivity contribution in [3.8, 4) is 11.5 Å². The molecule has 2 aromatic carbocycles. The number of halogens is 1. The van der Waals surface area contributed by atoms with Gasteiger partial charge in [0, 0.05) is 0 Å². The Hall–Kier alpha value is -1.55. The van der Waals surface area contributed by atoms with Gasteiger partial charge < -0.3 is 15.6 Å². The number of aliphatic hydroxyl groups is 1. The molecule has 2 atom stereocenters. The van der Waals surface area contributed by atoms with Gasteiger partial charge in [-0.1, -0.05) is 36.8 Å². The normalized spacial score (nSPS) is 17.0. The molecule has 22 heavy (non-hydrogen) atoms. The Morgan fingerprint density at radius 1 is 0.955 bits per heavy atom. The van der Waals surface area contributed by atoms with Gasteiger partial charge in [0.1, 0.15) is 11.5 Å². The molecule has 0 unspecified atom stereocenters. The molecular formula is C18H22ClNO2. The molecule has 1 fully saturated rings. The molecule has 0 spiro atoms. The zero-order chi connectivity index (χ0) is 14.7. The van der Waals surface area contributed by atoms with Crippen LogP contribution in [0, 0.1) is 5.92 Å². The number of aliphatic hydroxyl groups excluding tert-OH is 1. The quantitative estimate of drug-likeness (QED) is 0.873. The zero-order valence-corrected chi connectivity index (χ0v) is 13.2. The van der Waals surface area contributed by atoms with Crippen molar-refractivity contribution < 1.29 is 9.84 Å². The number of benzene rings is 2. The minimum Gasteiger partial charge on any atom is -0.457 e. The lowest BCUT2D eigenvalue weighted by atomic mass is 9.77. The molecule has 1 aliphatic carbocycles. The Morgan fingerprint density at radius 2 is 1.55 bits per heavy atom. The first-order valence-corrected chi connectivity index (χ1v) is 7.50. The standard InChI is InChI=1S/C18H21NO2.ClH/c19-17(18(20)14-5-4-6-14)13-9-11-16(12-10-13)21-15-7-2-1-3-8-15;/h1-3,7-12,14,17-18,20H,4-6,19H2;1H/t17-,18+;/m1./s1. The number of ether oxygens (including phenoxy) is 1. The van der Waals surface area contributed by atoms with E-state index in [9.17, 15) is 5.11 Å². The van der Waals surface area contributed by atoms with E-state index < -0.39 is 6.10 Å². The Bertz CT molecular complexity index is 569. The van der Waals surface area contributed by atoms with Gasteiger partial charge in [0.15, 0.2) is 0 Å². The lowest BCUT2D eigenvalue weighted by molar-refractivity contribution is 0.0413. The van der Waals surface area contributed by atoms with Crippen molar-refractivity contribution in [1.82, 2.24) is 0 Å². The van der Waals surface area contributed by atoms with Crippen LogP contribution in [-0.2, 0) is 0 Å². The van der Waals surface area contributed by atoms with E-state index in [1.54, 1.807) is 0 Å². The molecule has 1 saturated carbocycles. The van der Waals surface area contributed by atoms with Crippen molar-refractivity contribution in [2.24, 2.45) is 11.7 Å². The lowest BCUT2D eigenvalue weighted by Gasteiger charge is -2.33. The summed E-state index contributed by atoms with van der Waals surface area (Å²) in [5.41, 5.74) is 7.11. The average molecular weight is 320 g/mol. The summed E-state index contributed by atoms with van der Waals surface area (Å²) in [7, 11) is 0. The van der Waals surface area contributed by atoms with E-state index in [2.05, 4.69) is 0 Å². The fraction of sp³-hybridized carbons (Fsp3) is 0.333. The fourth-order valence-electron chi connectivity index (χ4n) is 2.65. The second kappa shape index (κ2) is 7.63. The third kappa shape index (κ3) is 3.80. The first-order chi connectivity index (χ1) is 10.2. The molecular weight excluding hydrogens is 298 g/mol. The van der Waals surface area contributed by atoms with Gasteiger partial charge in [0.05, 0.1) is 12.1 Å². The zero-order valence-electron chi connectivity index (χ0n) is 12.4. The van der Waals surface area contributed by atoms with E-state index >= 15 is 0 Å². The summed E-state index contributed by atoms with van der Waals surface area (Å²) in [5, 5.41) is 10.2. The maximum Gasteiger partial charge on any atom is 0.127 e. The Kier molecular flexibility index (Phi) is 5.83. The van der Waals surface area contributed by atoms with E-state index in [0.717, 1.165) is 29.9 Å². The van der Waals surface area contributed by atoms with Crippen molar-refractivity contribution in [1.29, 1.82) is 0 Å². The van der Waals surface area contributed by atoms with Crippen LogP contribution in [0.4, 0.5) is 0 Å². The molecule has 0 amide bonds. The summed E-state index contributed by atoms with van der Waals surface area (Å²) in [6.07, 6.45) is 2.94. The fourth-order valence-corrected chi connectivity index (χ4v) is 2.65. The van der Waals surface area contributed by atoms with E-state index in [1.165, 1.54) is 6.42 Å². The molecule has 0 radical (unpaired) electrons. The van der Waals surface area contributed by atoms with Crippen molar-refractivity contribution in [2.75, 3.05) is 0 Å². The second-order valence-electron chi connectivity index (χ2n) is 5.69. The summed E-state index contributed by atoms with van der Waals surface area (Å²) in [5.74, 6) is 1.94. The number of hydrogen-bond donors (Lipinski definition) is 2. The molecule has 1 aliphatic rings. The Morgan fingerprint density at radius 3 is 2.09 bits per heavy atom. The third-order valence-corrected chi connectivity index (χ3v) is 4.24. The van der Waals surface area contributed by atoms with Crippen LogP contribution in [0.3, 0.4) is 0 Å². The van der Waals surface area contributed by atoms with Crippen LogP contribution in [0.25, 0.3) is 0 Å². The summed E-state index contributed by atoms with van der Waals surface area (Å²) in [4.78, 5) is 0. The lowest BCUT2D eigenvalue weighted by Crippen LogP contribution is -2.36. The molecule has 2 aromatic rings. The monoisotopic (exact) mass is 319 g/mol. The highest BCUT2D eigenvalue weighted by Gasteiger charge is 2.30. The molecule has 0 saturated heterocycles. The Balaban J connectivity index is 0.00000176. The predicted octanol–water partition coefficient (Wildman–Crippen LogP) is 4.06. The van der Waals surface area contributed by atoms with E-state index in [4.69, 9.17) is 10.5 Å². The van der Waals surface area contributed by atoms with Crippen LogP contribution in [0.5, 0.6) is 11.5 Å². The highest BCUT2D eigenvalue weighted by Crippen LogP contribution is 2.34.